The number of aromatic nitrogens is 2. The molecule has 5 nitrogen and oxygen atoms in total. The molecule has 1 aromatic carbocycles. The molecule has 2 aromatic rings. The fraction of sp³-hybridized carbons (Fsp3) is 0.524. The minimum atomic E-state index is 0.201. The molecular formula is C21H26N4O. The molecule has 0 amide bonds. The Balaban J connectivity index is 1.48. The Morgan fingerprint density at radius 3 is 2.65 bits per heavy atom. The average molecular weight is 350 g/mol. The molecule has 0 unspecified atom stereocenters. The molecule has 1 saturated heterocycles. The van der Waals surface area contributed by atoms with E-state index in [9.17, 15) is 0 Å². The van der Waals surface area contributed by atoms with Crippen molar-refractivity contribution in [3.8, 4) is 0 Å². The van der Waals surface area contributed by atoms with Gasteiger partial charge in [0.25, 0.3) is 0 Å². The number of hydrogen-bond donors (Lipinski definition) is 2. The van der Waals surface area contributed by atoms with Gasteiger partial charge in [-0.2, -0.15) is 0 Å². The summed E-state index contributed by atoms with van der Waals surface area (Å²) in [6, 6.07) is 11.5. The summed E-state index contributed by atoms with van der Waals surface area (Å²) in [6.45, 7) is 2.00. The maximum Gasteiger partial charge on any atom is 0.136 e. The molecule has 3 heterocycles. The van der Waals surface area contributed by atoms with Crippen molar-refractivity contribution in [2.45, 2.75) is 50.0 Å². The summed E-state index contributed by atoms with van der Waals surface area (Å²) in [4.78, 5) is 12.2. The summed E-state index contributed by atoms with van der Waals surface area (Å²) in [6.07, 6.45) is 5.63. The third-order valence-electron chi connectivity index (χ3n) is 5.98. The van der Waals surface area contributed by atoms with Crippen molar-refractivity contribution in [2.75, 3.05) is 29.9 Å². The predicted molar refractivity (Wildman–Crippen MR) is 103 cm³/mol. The van der Waals surface area contributed by atoms with Crippen LogP contribution < -0.4 is 10.2 Å². The van der Waals surface area contributed by atoms with Crippen LogP contribution in [-0.2, 0) is 0 Å². The number of rotatable bonds is 6. The fourth-order valence-electron chi connectivity index (χ4n) is 4.50. The summed E-state index contributed by atoms with van der Waals surface area (Å²) in [5, 5.41) is 12.4. The summed E-state index contributed by atoms with van der Waals surface area (Å²) < 4.78 is 0. The number of anilines is 2. The molecule has 1 saturated carbocycles. The van der Waals surface area contributed by atoms with E-state index in [1.54, 1.807) is 0 Å². The second-order valence-electron chi connectivity index (χ2n) is 7.82. The third-order valence-corrected chi connectivity index (χ3v) is 5.98. The van der Waals surface area contributed by atoms with Gasteiger partial charge < -0.3 is 15.3 Å². The fourth-order valence-corrected chi connectivity index (χ4v) is 4.50. The molecule has 26 heavy (non-hydrogen) atoms. The molecule has 2 atom stereocenters. The summed E-state index contributed by atoms with van der Waals surface area (Å²) in [5.41, 5.74) is 3.02. The highest BCUT2D eigenvalue weighted by Crippen LogP contribution is 2.48. The van der Waals surface area contributed by atoms with Gasteiger partial charge in [0.2, 0.25) is 0 Å². The molecule has 2 N–H and O–H groups in total. The van der Waals surface area contributed by atoms with Gasteiger partial charge in [0.05, 0.1) is 6.04 Å². The van der Waals surface area contributed by atoms with Gasteiger partial charge >= 0.3 is 0 Å². The van der Waals surface area contributed by atoms with E-state index in [4.69, 9.17) is 15.1 Å². The van der Waals surface area contributed by atoms with E-state index < -0.39 is 0 Å². The van der Waals surface area contributed by atoms with Crippen molar-refractivity contribution >= 4 is 11.6 Å². The van der Waals surface area contributed by atoms with Crippen LogP contribution in [0.5, 0.6) is 0 Å². The Hall–Kier alpha value is -2.14. The normalized spacial score (nSPS) is 23.8. The molecular weight excluding hydrogens is 324 g/mol. The van der Waals surface area contributed by atoms with Crippen LogP contribution in [0.25, 0.3) is 0 Å². The van der Waals surface area contributed by atoms with Crippen LogP contribution in [0, 0.1) is 0 Å². The molecule has 4 aliphatic rings. The first kappa shape index (κ1) is 16.1. The molecule has 1 aromatic heterocycles. The van der Waals surface area contributed by atoms with Crippen LogP contribution in [0.1, 0.15) is 66.9 Å². The number of aliphatic hydroxyl groups is 1. The first-order chi connectivity index (χ1) is 12.8. The second kappa shape index (κ2) is 6.54. The number of piperidine rings is 1. The largest absolute Gasteiger partial charge is 0.396 e. The zero-order chi connectivity index (χ0) is 17.5. The maximum atomic E-state index is 9.04. The molecule has 6 rings (SSSR count). The lowest BCUT2D eigenvalue weighted by Gasteiger charge is -2.47. The summed E-state index contributed by atoms with van der Waals surface area (Å²) in [5.74, 6) is 4.10. The number of nitrogens with zero attached hydrogens (tertiary/aromatic N) is 3. The Morgan fingerprint density at radius 2 is 1.85 bits per heavy atom. The third kappa shape index (κ3) is 2.84. The molecule has 0 radical (unpaired) electrons. The highest BCUT2D eigenvalue weighted by atomic mass is 16.3. The number of aliphatic hydroxyl groups excluding tert-OH is 1. The first-order valence-electron chi connectivity index (χ1n) is 9.92. The van der Waals surface area contributed by atoms with Gasteiger partial charge in [-0.05, 0) is 43.2 Å². The van der Waals surface area contributed by atoms with Crippen molar-refractivity contribution in [2.24, 2.45) is 0 Å². The Kier molecular flexibility index (Phi) is 4.04. The molecule has 136 valence electrons. The van der Waals surface area contributed by atoms with Gasteiger partial charge in [-0.25, -0.2) is 9.97 Å². The van der Waals surface area contributed by atoms with Crippen LogP contribution in [-0.4, -0.2) is 34.8 Å². The van der Waals surface area contributed by atoms with Crippen LogP contribution in [0.2, 0.25) is 0 Å². The van der Waals surface area contributed by atoms with Crippen LogP contribution in [0.15, 0.2) is 30.3 Å². The van der Waals surface area contributed by atoms with E-state index in [0.717, 1.165) is 37.0 Å². The van der Waals surface area contributed by atoms with Gasteiger partial charge in [0.1, 0.15) is 17.5 Å². The van der Waals surface area contributed by atoms with Gasteiger partial charge in [-0.15, -0.1) is 0 Å². The molecule has 2 fully saturated rings. The zero-order valence-corrected chi connectivity index (χ0v) is 15.1. The lowest BCUT2D eigenvalue weighted by molar-refractivity contribution is 0.292. The Morgan fingerprint density at radius 1 is 1.04 bits per heavy atom. The van der Waals surface area contributed by atoms with Gasteiger partial charge in [-0.1, -0.05) is 24.3 Å². The highest BCUT2D eigenvalue weighted by Gasteiger charge is 2.39. The van der Waals surface area contributed by atoms with Crippen molar-refractivity contribution in [1.29, 1.82) is 0 Å². The SMILES string of the molecule is OCCCNc1cc(N2C[C@H]3CC[C@H]2c2ccccc23)nc(C2CC2)n1. The van der Waals surface area contributed by atoms with Crippen molar-refractivity contribution < 1.29 is 5.11 Å². The molecule has 2 aliphatic carbocycles. The lowest BCUT2D eigenvalue weighted by atomic mass is 9.75. The number of hydrogen-bond acceptors (Lipinski definition) is 5. The van der Waals surface area contributed by atoms with E-state index >= 15 is 0 Å². The molecule has 2 bridgehead atoms. The van der Waals surface area contributed by atoms with Crippen LogP contribution in [0.3, 0.4) is 0 Å². The zero-order valence-electron chi connectivity index (χ0n) is 15.1. The van der Waals surface area contributed by atoms with Gasteiger partial charge in [-0.3, -0.25) is 0 Å². The molecule has 0 spiro atoms. The quantitative estimate of drug-likeness (QED) is 0.780. The monoisotopic (exact) mass is 350 g/mol. The van der Waals surface area contributed by atoms with E-state index in [2.05, 4.69) is 40.5 Å². The van der Waals surface area contributed by atoms with E-state index in [1.807, 2.05) is 0 Å². The van der Waals surface area contributed by atoms with Crippen molar-refractivity contribution in [3.05, 3.63) is 47.3 Å². The minimum absolute atomic E-state index is 0.201. The smallest absolute Gasteiger partial charge is 0.136 e. The Labute approximate surface area is 154 Å². The van der Waals surface area contributed by atoms with Crippen LogP contribution in [0.4, 0.5) is 11.6 Å². The minimum Gasteiger partial charge on any atom is -0.396 e. The van der Waals surface area contributed by atoms with E-state index in [0.29, 0.717) is 17.9 Å². The molecule has 2 aliphatic heterocycles. The predicted octanol–water partition coefficient (Wildman–Crippen LogP) is 3.59. The van der Waals surface area contributed by atoms with Crippen LogP contribution >= 0.6 is 0 Å². The standard InChI is InChI=1S/C21H26N4O/c26-11-3-10-22-19-12-20(24-21(23-19)14-6-7-14)25-13-15-8-9-18(25)17-5-2-1-4-16(15)17/h1-2,4-5,12,14-15,18,26H,3,6-11,13H2,(H,22,23,24)/t15-,18+/m1/s1. The Bertz CT molecular complexity index is 804. The summed E-state index contributed by atoms with van der Waals surface area (Å²) >= 11 is 0. The summed E-state index contributed by atoms with van der Waals surface area (Å²) in [7, 11) is 0. The first-order valence-corrected chi connectivity index (χ1v) is 9.92. The average Bonchev–Trinajstić information content (AvgIpc) is 3.54. The number of benzene rings is 1. The number of fused-ring (bicyclic) bond motifs is 2. The molecule has 5 heteroatoms. The van der Waals surface area contributed by atoms with Crippen molar-refractivity contribution in [3.63, 3.8) is 0 Å². The lowest BCUT2D eigenvalue weighted by Crippen LogP contribution is -2.43. The highest BCUT2D eigenvalue weighted by molar-refractivity contribution is 5.55. The van der Waals surface area contributed by atoms with E-state index in [-0.39, 0.29) is 6.61 Å². The number of nitrogens with one attached hydrogen (secondary N) is 1. The van der Waals surface area contributed by atoms with Gasteiger partial charge in [0, 0.05) is 37.6 Å². The topological polar surface area (TPSA) is 61.3 Å². The van der Waals surface area contributed by atoms with E-state index in [1.165, 1.54) is 36.8 Å². The second-order valence-corrected chi connectivity index (χ2v) is 7.82. The maximum absolute atomic E-state index is 9.04. The van der Waals surface area contributed by atoms with Crippen molar-refractivity contribution in [1.82, 2.24) is 9.97 Å². The van der Waals surface area contributed by atoms with Gasteiger partial charge in [0.15, 0.2) is 0 Å².